The summed E-state index contributed by atoms with van der Waals surface area (Å²) in [5.74, 6) is -1.68. The normalized spacial score (nSPS) is 14.6. The highest BCUT2D eigenvalue weighted by Gasteiger charge is 2.23. The number of piperidine rings is 1. The van der Waals surface area contributed by atoms with E-state index in [1.807, 2.05) is 10.7 Å². The van der Waals surface area contributed by atoms with Crippen molar-refractivity contribution in [3.05, 3.63) is 58.6 Å². The standard InChI is InChI=1S/C24H24ClF2N5O2/c1-33-19-9-20(34-2)22(27)17(21(19)26)8-13-10-29-24-16(13)7-14(11-30-24)18-12-31-32(23(18)25)15-3-5-28-6-4-15/h7,9-12,15,28H,3-6,8H2,1-2H3,(H,29,30). The third-order valence-corrected chi connectivity index (χ3v) is 6.73. The molecule has 4 aromatic rings. The smallest absolute Gasteiger partial charge is 0.171 e. The van der Waals surface area contributed by atoms with Gasteiger partial charge in [0, 0.05) is 47.0 Å². The second-order valence-electron chi connectivity index (χ2n) is 8.27. The molecule has 1 aromatic carbocycles. The maximum absolute atomic E-state index is 14.9. The van der Waals surface area contributed by atoms with Gasteiger partial charge in [-0.2, -0.15) is 5.10 Å². The van der Waals surface area contributed by atoms with Crippen LogP contribution in [-0.2, 0) is 6.42 Å². The van der Waals surface area contributed by atoms with Crippen LogP contribution in [0.3, 0.4) is 0 Å². The number of methoxy groups -OCH3 is 2. The minimum atomic E-state index is -0.759. The maximum Gasteiger partial charge on any atom is 0.171 e. The van der Waals surface area contributed by atoms with Gasteiger partial charge in [0.2, 0.25) is 0 Å². The summed E-state index contributed by atoms with van der Waals surface area (Å²) >= 11 is 6.71. The van der Waals surface area contributed by atoms with Crippen molar-refractivity contribution >= 4 is 22.6 Å². The van der Waals surface area contributed by atoms with Gasteiger partial charge in [0.15, 0.2) is 23.1 Å². The lowest BCUT2D eigenvalue weighted by molar-refractivity contribution is 0.343. The summed E-state index contributed by atoms with van der Waals surface area (Å²) in [7, 11) is 2.66. The van der Waals surface area contributed by atoms with Crippen LogP contribution in [0.5, 0.6) is 11.5 Å². The predicted molar refractivity (Wildman–Crippen MR) is 126 cm³/mol. The Kier molecular flexibility index (Phi) is 6.14. The van der Waals surface area contributed by atoms with Crippen LogP contribution < -0.4 is 14.8 Å². The monoisotopic (exact) mass is 487 g/mol. The van der Waals surface area contributed by atoms with Gasteiger partial charge in [-0.15, -0.1) is 0 Å². The highest BCUT2D eigenvalue weighted by Crippen LogP contribution is 2.36. The van der Waals surface area contributed by atoms with E-state index in [2.05, 4.69) is 20.4 Å². The molecule has 5 rings (SSSR count). The topological polar surface area (TPSA) is 77.0 Å². The van der Waals surface area contributed by atoms with E-state index >= 15 is 0 Å². The number of fused-ring (bicyclic) bond motifs is 1. The van der Waals surface area contributed by atoms with Gasteiger partial charge in [-0.3, -0.25) is 4.68 Å². The Balaban J connectivity index is 1.53. The van der Waals surface area contributed by atoms with Crippen molar-refractivity contribution in [2.45, 2.75) is 25.3 Å². The molecule has 0 amide bonds. The third-order valence-electron chi connectivity index (χ3n) is 6.35. The van der Waals surface area contributed by atoms with E-state index in [0.29, 0.717) is 16.4 Å². The second kappa shape index (κ2) is 9.23. The molecule has 1 aliphatic rings. The van der Waals surface area contributed by atoms with Crippen LogP contribution >= 0.6 is 11.6 Å². The van der Waals surface area contributed by atoms with Crippen molar-refractivity contribution in [2.75, 3.05) is 27.3 Å². The van der Waals surface area contributed by atoms with Crippen molar-refractivity contribution in [3.63, 3.8) is 0 Å². The summed E-state index contributed by atoms with van der Waals surface area (Å²) in [6.45, 7) is 1.86. The number of nitrogens with one attached hydrogen (secondary N) is 2. The van der Waals surface area contributed by atoms with Gasteiger partial charge in [0.05, 0.1) is 26.5 Å². The summed E-state index contributed by atoms with van der Waals surface area (Å²) in [5, 5.41) is 9.17. The van der Waals surface area contributed by atoms with Crippen LogP contribution in [0.2, 0.25) is 5.15 Å². The third kappa shape index (κ3) is 3.88. The van der Waals surface area contributed by atoms with E-state index < -0.39 is 11.6 Å². The number of H-pyrrole nitrogens is 1. The highest BCUT2D eigenvalue weighted by atomic mass is 35.5. The molecule has 0 radical (unpaired) electrons. The number of hydrogen-bond acceptors (Lipinski definition) is 5. The Bertz CT molecular complexity index is 1320. The van der Waals surface area contributed by atoms with E-state index in [-0.39, 0.29) is 29.5 Å². The fourth-order valence-corrected chi connectivity index (χ4v) is 4.82. The first-order chi connectivity index (χ1) is 16.5. The minimum Gasteiger partial charge on any atom is -0.494 e. The number of ether oxygens (including phenoxy) is 2. The lowest BCUT2D eigenvalue weighted by Gasteiger charge is -2.23. The zero-order chi connectivity index (χ0) is 23.8. The molecule has 10 heteroatoms. The van der Waals surface area contributed by atoms with E-state index in [0.717, 1.165) is 42.4 Å². The van der Waals surface area contributed by atoms with E-state index in [1.165, 1.54) is 20.3 Å². The molecule has 4 heterocycles. The van der Waals surface area contributed by atoms with E-state index in [9.17, 15) is 8.78 Å². The Morgan fingerprint density at radius 1 is 1.09 bits per heavy atom. The summed E-state index contributed by atoms with van der Waals surface area (Å²) < 4.78 is 41.9. The summed E-state index contributed by atoms with van der Waals surface area (Å²) in [5.41, 5.74) is 2.69. The SMILES string of the molecule is COc1cc(OC)c(F)c(Cc2c[nH]c3ncc(-c4cnn(C5CCNCC5)c4Cl)cc23)c1F. The molecule has 2 N–H and O–H groups in total. The maximum atomic E-state index is 14.9. The van der Waals surface area contributed by atoms with Gasteiger partial charge >= 0.3 is 0 Å². The fourth-order valence-electron chi connectivity index (χ4n) is 4.48. The molecule has 178 valence electrons. The number of benzene rings is 1. The Hall–Kier alpha value is -3.17. The van der Waals surface area contributed by atoms with Gasteiger partial charge in [0.1, 0.15) is 10.8 Å². The lowest BCUT2D eigenvalue weighted by Crippen LogP contribution is -2.29. The lowest BCUT2D eigenvalue weighted by atomic mass is 10.0. The molecule has 0 bridgehead atoms. The van der Waals surface area contributed by atoms with Crippen LogP contribution in [0, 0.1) is 11.6 Å². The van der Waals surface area contributed by atoms with Crippen LogP contribution in [0.25, 0.3) is 22.2 Å². The molecule has 7 nitrogen and oxygen atoms in total. The summed E-state index contributed by atoms with van der Waals surface area (Å²) in [6.07, 6.45) is 7.06. The minimum absolute atomic E-state index is 0.0154. The van der Waals surface area contributed by atoms with Crippen molar-refractivity contribution < 1.29 is 18.3 Å². The number of nitrogens with zero attached hydrogens (tertiary/aromatic N) is 3. The fraction of sp³-hybridized carbons (Fsp3) is 0.333. The molecular formula is C24H24ClF2N5O2. The molecule has 1 fully saturated rings. The average molecular weight is 488 g/mol. The molecule has 1 saturated heterocycles. The molecule has 1 aliphatic heterocycles. The van der Waals surface area contributed by atoms with E-state index in [4.69, 9.17) is 21.1 Å². The van der Waals surface area contributed by atoms with E-state index in [1.54, 1.807) is 18.6 Å². The van der Waals surface area contributed by atoms with Gasteiger partial charge in [-0.1, -0.05) is 11.6 Å². The number of hydrogen-bond donors (Lipinski definition) is 2. The molecule has 0 spiro atoms. The molecule has 0 unspecified atom stereocenters. The van der Waals surface area contributed by atoms with Crippen LogP contribution in [0.15, 0.2) is 30.7 Å². The molecular weight excluding hydrogens is 464 g/mol. The molecule has 0 saturated carbocycles. The van der Waals surface area contributed by atoms with Crippen LogP contribution in [-0.4, -0.2) is 47.1 Å². The average Bonchev–Trinajstić information content (AvgIpc) is 3.45. The Labute approximate surface area is 200 Å². The molecule has 3 aromatic heterocycles. The van der Waals surface area contributed by atoms with Crippen molar-refractivity contribution in [3.8, 4) is 22.6 Å². The second-order valence-corrected chi connectivity index (χ2v) is 8.63. The van der Waals surface area contributed by atoms with Gasteiger partial charge in [0.25, 0.3) is 0 Å². The Morgan fingerprint density at radius 3 is 2.47 bits per heavy atom. The van der Waals surface area contributed by atoms with Gasteiger partial charge in [-0.25, -0.2) is 13.8 Å². The van der Waals surface area contributed by atoms with Crippen LogP contribution in [0.1, 0.15) is 30.0 Å². The molecule has 0 atom stereocenters. The Morgan fingerprint density at radius 2 is 1.79 bits per heavy atom. The summed E-state index contributed by atoms with van der Waals surface area (Å²) in [4.78, 5) is 7.57. The number of rotatable bonds is 6. The first-order valence-corrected chi connectivity index (χ1v) is 11.4. The zero-order valence-corrected chi connectivity index (χ0v) is 19.5. The summed E-state index contributed by atoms with van der Waals surface area (Å²) in [6, 6.07) is 3.36. The van der Waals surface area contributed by atoms with Gasteiger partial charge in [-0.05, 0) is 37.6 Å². The van der Waals surface area contributed by atoms with Crippen LogP contribution in [0.4, 0.5) is 8.78 Å². The highest BCUT2D eigenvalue weighted by molar-refractivity contribution is 6.32. The first-order valence-electron chi connectivity index (χ1n) is 11.0. The molecule has 0 aliphatic carbocycles. The predicted octanol–water partition coefficient (Wildman–Crippen LogP) is 4.89. The number of aromatic nitrogens is 4. The number of halogens is 3. The zero-order valence-electron chi connectivity index (χ0n) is 18.8. The number of pyridine rings is 1. The van der Waals surface area contributed by atoms with Crippen molar-refractivity contribution in [1.29, 1.82) is 0 Å². The largest absolute Gasteiger partial charge is 0.494 e. The first kappa shape index (κ1) is 22.6. The van der Waals surface area contributed by atoms with Crippen molar-refractivity contribution in [1.82, 2.24) is 25.1 Å². The van der Waals surface area contributed by atoms with Crippen molar-refractivity contribution in [2.24, 2.45) is 0 Å². The number of aromatic amines is 1. The quantitative estimate of drug-likeness (QED) is 0.405. The van der Waals surface area contributed by atoms with Gasteiger partial charge < -0.3 is 19.8 Å². The molecule has 34 heavy (non-hydrogen) atoms.